The monoisotopic (exact) mass is 370 g/mol. The first-order valence-electron chi connectivity index (χ1n) is 7.59. The molecule has 1 heterocycles. The van der Waals surface area contributed by atoms with Gasteiger partial charge in [-0.05, 0) is 48.2 Å². The predicted molar refractivity (Wildman–Crippen MR) is 101 cm³/mol. The van der Waals surface area contributed by atoms with Gasteiger partial charge in [-0.2, -0.15) is 5.10 Å². The molecule has 0 fully saturated rings. The number of hydrogen-bond acceptors (Lipinski definition) is 4. The van der Waals surface area contributed by atoms with Gasteiger partial charge in [-0.1, -0.05) is 23.7 Å². The second-order valence-electron chi connectivity index (χ2n) is 5.43. The van der Waals surface area contributed by atoms with Crippen molar-refractivity contribution in [3.63, 3.8) is 0 Å². The summed E-state index contributed by atoms with van der Waals surface area (Å²) < 4.78 is 0. The molecule has 4 nitrogen and oxygen atoms in total. The molecule has 0 amide bonds. The van der Waals surface area contributed by atoms with Crippen LogP contribution in [-0.4, -0.2) is 22.2 Å². The predicted octanol–water partition coefficient (Wildman–Crippen LogP) is 3.97. The molecular formula is C19H15ClN2O2S. The van der Waals surface area contributed by atoms with E-state index in [9.17, 15) is 9.59 Å². The standard InChI is InChI=1S/C19H15ClN2O2S/c1-25-15-8-5-12(6-9-15)19(24)16-4-2-3-13(18(16)20)11-14-7-10-17(23)22-21-14/h2-10H,11H2,1H3,(H,22,23). The summed E-state index contributed by atoms with van der Waals surface area (Å²) in [5, 5.41) is 6.79. The van der Waals surface area contributed by atoms with Crippen molar-refractivity contribution < 1.29 is 4.79 Å². The van der Waals surface area contributed by atoms with Gasteiger partial charge < -0.3 is 0 Å². The van der Waals surface area contributed by atoms with Crippen LogP contribution in [0.4, 0.5) is 0 Å². The first kappa shape index (κ1) is 17.5. The lowest BCUT2D eigenvalue weighted by atomic mass is 9.99. The Morgan fingerprint density at radius 2 is 1.88 bits per heavy atom. The molecule has 0 radical (unpaired) electrons. The highest BCUT2D eigenvalue weighted by Crippen LogP contribution is 2.26. The molecule has 0 atom stereocenters. The lowest BCUT2D eigenvalue weighted by Gasteiger charge is -2.09. The summed E-state index contributed by atoms with van der Waals surface area (Å²) in [6.45, 7) is 0. The fourth-order valence-electron chi connectivity index (χ4n) is 2.46. The highest BCUT2D eigenvalue weighted by atomic mass is 35.5. The van der Waals surface area contributed by atoms with Gasteiger partial charge in [-0.25, -0.2) is 5.10 Å². The van der Waals surface area contributed by atoms with Crippen LogP contribution in [0.25, 0.3) is 0 Å². The number of ketones is 1. The molecule has 3 rings (SSSR count). The smallest absolute Gasteiger partial charge is 0.264 e. The number of nitrogens with one attached hydrogen (secondary N) is 1. The number of rotatable bonds is 5. The third kappa shape index (κ3) is 4.00. The van der Waals surface area contributed by atoms with E-state index in [0.29, 0.717) is 28.3 Å². The van der Waals surface area contributed by atoms with Gasteiger partial charge in [0.2, 0.25) is 0 Å². The zero-order chi connectivity index (χ0) is 17.8. The van der Waals surface area contributed by atoms with Crippen LogP contribution in [0.15, 0.2) is 64.3 Å². The molecule has 2 aromatic carbocycles. The maximum Gasteiger partial charge on any atom is 0.264 e. The first-order chi connectivity index (χ1) is 12.1. The largest absolute Gasteiger partial charge is 0.289 e. The van der Waals surface area contributed by atoms with Crippen molar-refractivity contribution >= 4 is 29.1 Å². The van der Waals surface area contributed by atoms with Crippen LogP contribution in [0.1, 0.15) is 27.2 Å². The second-order valence-corrected chi connectivity index (χ2v) is 6.68. The summed E-state index contributed by atoms with van der Waals surface area (Å²) in [6, 6.07) is 15.9. The van der Waals surface area contributed by atoms with E-state index in [4.69, 9.17) is 11.6 Å². The third-order valence-electron chi connectivity index (χ3n) is 3.78. The molecule has 0 aliphatic carbocycles. The Kier molecular flexibility index (Phi) is 5.36. The van der Waals surface area contributed by atoms with Crippen molar-refractivity contribution in [3.05, 3.63) is 92.4 Å². The molecule has 1 aromatic heterocycles. The van der Waals surface area contributed by atoms with Gasteiger partial charge in [-0.3, -0.25) is 9.59 Å². The topological polar surface area (TPSA) is 62.8 Å². The van der Waals surface area contributed by atoms with E-state index < -0.39 is 0 Å². The second kappa shape index (κ2) is 7.68. The average molecular weight is 371 g/mol. The van der Waals surface area contributed by atoms with E-state index in [-0.39, 0.29) is 11.3 Å². The Morgan fingerprint density at radius 1 is 1.12 bits per heavy atom. The number of carbonyl (C=O) groups is 1. The number of halogens is 1. The Hall–Kier alpha value is -2.37. The van der Waals surface area contributed by atoms with Gasteiger partial charge in [-0.15, -0.1) is 11.8 Å². The summed E-state index contributed by atoms with van der Waals surface area (Å²) in [6.07, 6.45) is 2.42. The lowest BCUT2D eigenvalue weighted by Crippen LogP contribution is -2.08. The lowest BCUT2D eigenvalue weighted by molar-refractivity contribution is 0.103. The van der Waals surface area contributed by atoms with Crippen molar-refractivity contribution in [2.45, 2.75) is 11.3 Å². The van der Waals surface area contributed by atoms with E-state index in [2.05, 4.69) is 10.2 Å². The van der Waals surface area contributed by atoms with Crippen LogP contribution in [-0.2, 0) is 6.42 Å². The Balaban J connectivity index is 1.90. The van der Waals surface area contributed by atoms with Crippen LogP contribution < -0.4 is 5.56 Å². The number of thioether (sulfide) groups is 1. The minimum Gasteiger partial charge on any atom is -0.289 e. The minimum absolute atomic E-state index is 0.117. The summed E-state index contributed by atoms with van der Waals surface area (Å²) in [5.41, 5.74) is 2.26. The van der Waals surface area contributed by atoms with Crippen LogP contribution in [0, 0.1) is 0 Å². The number of H-pyrrole nitrogens is 1. The fourth-order valence-corrected chi connectivity index (χ4v) is 3.14. The Bertz CT molecular complexity index is 947. The summed E-state index contributed by atoms with van der Waals surface area (Å²) in [4.78, 5) is 25.0. The molecule has 1 N–H and O–H groups in total. The first-order valence-corrected chi connectivity index (χ1v) is 9.19. The van der Waals surface area contributed by atoms with Gasteiger partial charge in [0.25, 0.3) is 5.56 Å². The van der Waals surface area contributed by atoms with Gasteiger partial charge in [0.15, 0.2) is 5.78 Å². The van der Waals surface area contributed by atoms with Crippen molar-refractivity contribution in [2.75, 3.05) is 6.26 Å². The Labute approximate surface area is 154 Å². The molecule has 0 saturated carbocycles. The van der Waals surface area contributed by atoms with E-state index >= 15 is 0 Å². The average Bonchev–Trinajstić information content (AvgIpc) is 2.65. The van der Waals surface area contributed by atoms with Gasteiger partial charge in [0.1, 0.15) is 0 Å². The summed E-state index contributed by atoms with van der Waals surface area (Å²) in [7, 11) is 0. The van der Waals surface area contributed by atoms with E-state index in [1.165, 1.54) is 6.07 Å². The molecule has 0 aliphatic rings. The van der Waals surface area contributed by atoms with Crippen molar-refractivity contribution in [1.29, 1.82) is 0 Å². The SMILES string of the molecule is CSc1ccc(C(=O)c2cccc(Cc3ccc(=O)[nH]n3)c2Cl)cc1. The molecule has 0 unspecified atom stereocenters. The highest BCUT2D eigenvalue weighted by molar-refractivity contribution is 7.98. The number of nitrogens with zero attached hydrogens (tertiary/aromatic N) is 1. The van der Waals surface area contributed by atoms with Gasteiger partial charge >= 0.3 is 0 Å². The number of aromatic nitrogens is 2. The molecule has 0 saturated heterocycles. The Morgan fingerprint density at radius 3 is 2.52 bits per heavy atom. The van der Waals surface area contributed by atoms with E-state index in [1.54, 1.807) is 42.1 Å². The maximum atomic E-state index is 12.8. The molecule has 0 bridgehead atoms. The molecule has 0 spiro atoms. The van der Waals surface area contributed by atoms with Gasteiger partial charge in [0.05, 0.1) is 10.7 Å². The number of carbonyl (C=O) groups excluding carboxylic acids is 1. The molecule has 3 aromatic rings. The van der Waals surface area contributed by atoms with Crippen LogP contribution in [0.2, 0.25) is 5.02 Å². The van der Waals surface area contributed by atoms with Crippen molar-refractivity contribution in [2.24, 2.45) is 0 Å². The fraction of sp³-hybridized carbons (Fsp3) is 0.105. The van der Waals surface area contributed by atoms with Crippen molar-refractivity contribution in [1.82, 2.24) is 10.2 Å². The van der Waals surface area contributed by atoms with Crippen LogP contribution >= 0.6 is 23.4 Å². The normalized spacial score (nSPS) is 10.6. The quantitative estimate of drug-likeness (QED) is 0.545. The summed E-state index contributed by atoms with van der Waals surface area (Å²) >= 11 is 8.09. The highest BCUT2D eigenvalue weighted by Gasteiger charge is 2.15. The summed E-state index contributed by atoms with van der Waals surface area (Å²) in [5.74, 6) is -0.117. The molecular weight excluding hydrogens is 356 g/mol. The minimum atomic E-state index is -0.257. The molecule has 0 aliphatic heterocycles. The van der Waals surface area contributed by atoms with Crippen LogP contribution in [0.5, 0.6) is 0 Å². The number of aromatic amines is 1. The molecule has 25 heavy (non-hydrogen) atoms. The van der Waals surface area contributed by atoms with Crippen LogP contribution in [0.3, 0.4) is 0 Å². The number of hydrogen-bond donors (Lipinski definition) is 1. The third-order valence-corrected chi connectivity index (χ3v) is 4.97. The molecule has 6 heteroatoms. The maximum absolute atomic E-state index is 12.8. The zero-order valence-corrected chi connectivity index (χ0v) is 15.0. The van der Waals surface area contributed by atoms with Gasteiger partial charge in [0, 0.05) is 28.5 Å². The van der Waals surface area contributed by atoms with E-state index in [1.807, 2.05) is 24.5 Å². The zero-order valence-electron chi connectivity index (χ0n) is 13.5. The van der Waals surface area contributed by atoms with Crippen molar-refractivity contribution in [3.8, 4) is 0 Å². The number of benzene rings is 2. The molecule has 126 valence electrons. The van der Waals surface area contributed by atoms with E-state index in [0.717, 1.165) is 10.5 Å².